The summed E-state index contributed by atoms with van der Waals surface area (Å²) in [6.45, 7) is 7.40. The Bertz CT molecular complexity index is 506. The summed E-state index contributed by atoms with van der Waals surface area (Å²) in [5.74, 6) is 0.685. The molecule has 1 aromatic rings. The van der Waals surface area contributed by atoms with Crippen LogP contribution < -0.4 is 10.1 Å². The van der Waals surface area contributed by atoms with E-state index in [4.69, 9.17) is 9.47 Å². The van der Waals surface area contributed by atoms with Crippen LogP contribution in [0.2, 0.25) is 0 Å². The molecule has 3 atom stereocenters. The van der Waals surface area contributed by atoms with Gasteiger partial charge in [0.1, 0.15) is 18.0 Å². The summed E-state index contributed by atoms with van der Waals surface area (Å²) in [6, 6.07) is 4.99. The van der Waals surface area contributed by atoms with Gasteiger partial charge in [0.05, 0.1) is 4.92 Å². The fourth-order valence-corrected chi connectivity index (χ4v) is 2.62. The van der Waals surface area contributed by atoms with Crippen molar-refractivity contribution in [1.29, 1.82) is 0 Å². The van der Waals surface area contributed by atoms with Crippen LogP contribution in [-0.2, 0) is 4.74 Å². The number of hydrogen-bond donors (Lipinski definition) is 1. The lowest BCUT2D eigenvalue weighted by atomic mass is 9.85. The zero-order valence-electron chi connectivity index (χ0n) is 12.7. The van der Waals surface area contributed by atoms with Gasteiger partial charge in [-0.25, -0.2) is 0 Å². The predicted octanol–water partition coefficient (Wildman–Crippen LogP) is 2.44. The highest BCUT2D eigenvalue weighted by molar-refractivity contribution is 5.43. The van der Waals surface area contributed by atoms with Crippen LogP contribution in [0.5, 0.6) is 5.75 Å². The number of nitro groups is 1. The molecule has 1 fully saturated rings. The molecule has 6 nitrogen and oxygen atoms in total. The first kappa shape index (κ1) is 15.7. The second kappa shape index (κ2) is 6.87. The van der Waals surface area contributed by atoms with E-state index in [1.54, 1.807) is 6.07 Å². The molecule has 21 heavy (non-hydrogen) atoms. The lowest BCUT2D eigenvalue weighted by Crippen LogP contribution is -2.61. The van der Waals surface area contributed by atoms with Crippen LogP contribution in [0, 0.1) is 17.0 Å². The Morgan fingerprint density at radius 2 is 2.19 bits per heavy atom. The van der Waals surface area contributed by atoms with E-state index in [1.165, 1.54) is 12.1 Å². The fraction of sp³-hybridized carbons (Fsp3) is 0.600. The molecule has 6 heteroatoms. The minimum Gasteiger partial charge on any atom is -0.487 e. The molecule has 3 unspecified atom stereocenters. The van der Waals surface area contributed by atoms with Crippen molar-refractivity contribution in [3.05, 3.63) is 33.9 Å². The van der Waals surface area contributed by atoms with E-state index in [-0.39, 0.29) is 17.9 Å². The van der Waals surface area contributed by atoms with E-state index in [9.17, 15) is 10.1 Å². The Kier molecular flexibility index (Phi) is 5.14. The maximum Gasteiger partial charge on any atom is 0.269 e. The average molecular weight is 294 g/mol. The maximum atomic E-state index is 10.7. The van der Waals surface area contributed by atoms with E-state index < -0.39 is 4.92 Å². The van der Waals surface area contributed by atoms with Crippen molar-refractivity contribution in [1.82, 2.24) is 5.32 Å². The lowest BCUT2D eigenvalue weighted by molar-refractivity contribution is -0.384. The number of nitrogens with one attached hydrogen (secondary N) is 1. The Hall–Kier alpha value is -1.66. The van der Waals surface area contributed by atoms with Crippen molar-refractivity contribution in [2.45, 2.75) is 45.4 Å². The molecule has 0 radical (unpaired) electrons. The largest absolute Gasteiger partial charge is 0.487 e. The van der Waals surface area contributed by atoms with E-state index in [0.717, 1.165) is 18.5 Å². The van der Waals surface area contributed by atoms with Gasteiger partial charge in [-0.3, -0.25) is 10.1 Å². The van der Waals surface area contributed by atoms with Crippen molar-refractivity contribution in [2.24, 2.45) is 0 Å². The number of non-ortho nitro benzene ring substituents is 1. The molecule has 1 N–H and O–H groups in total. The molecule has 1 saturated carbocycles. The minimum atomic E-state index is -0.398. The van der Waals surface area contributed by atoms with Crippen LogP contribution in [0.25, 0.3) is 0 Å². The molecule has 0 aliphatic heterocycles. The normalized spacial score (nSPS) is 24.4. The van der Waals surface area contributed by atoms with Gasteiger partial charge in [-0.05, 0) is 32.0 Å². The second-order valence-corrected chi connectivity index (χ2v) is 5.18. The van der Waals surface area contributed by atoms with Gasteiger partial charge in [0.2, 0.25) is 0 Å². The van der Waals surface area contributed by atoms with E-state index in [1.807, 2.05) is 13.8 Å². The van der Waals surface area contributed by atoms with Crippen molar-refractivity contribution < 1.29 is 14.4 Å². The Morgan fingerprint density at radius 1 is 1.43 bits per heavy atom. The highest BCUT2D eigenvalue weighted by Crippen LogP contribution is 2.32. The Morgan fingerprint density at radius 3 is 2.76 bits per heavy atom. The first-order valence-electron chi connectivity index (χ1n) is 7.33. The number of hydrogen-bond acceptors (Lipinski definition) is 5. The number of rotatable bonds is 7. The van der Waals surface area contributed by atoms with E-state index in [2.05, 4.69) is 12.2 Å². The zero-order valence-corrected chi connectivity index (χ0v) is 12.7. The number of nitrogens with zero attached hydrogens (tertiary/aromatic N) is 1. The number of nitro benzene ring substituents is 1. The third-order valence-corrected chi connectivity index (χ3v) is 3.72. The van der Waals surface area contributed by atoms with Crippen LogP contribution >= 0.6 is 0 Å². The van der Waals surface area contributed by atoms with Crippen LogP contribution in [0.1, 0.15) is 25.8 Å². The van der Waals surface area contributed by atoms with E-state index >= 15 is 0 Å². The van der Waals surface area contributed by atoms with Crippen molar-refractivity contribution in [3.8, 4) is 5.75 Å². The summed E-state index contributed by atoms with van der Waals surface area (Å²) in [7, 11) is 0. The third kappa shape index (κ3) is 3.51. The fourth-order valence-electron chi connectivity index (χ4n) is 2.62. The molecule has 0 bridgehead atoms. The lowest BCUT2D eigenvalue weighted by Gasteiger charge is -2.44. The zero-order chi connectivity index (χ0) is 15.4. The summed E-state index contributed by atoms with van der Waals surface area (Å²) in [6.07, 6.45) is 0.910. The van der Waals surface area contributed by atoms with Gasteiger partial charge in [-0.1, -0.05) is 6.92 Å². The van der Waals surface area contributed by atoms with Gasteiger partial charge in [0.25, 0.3) is 5.69 Å². The van der Waals surface area contributed by atoms with Gasteiger partial charge in [-0.15, -0.1) is 0 Å². The molecular formula is C15H22N2O4. The molecule has 2 rings (SSSR count). The average Bonchev–Trinajstić information content (AvgIpc) is 2.45. The summed E-state index contributed by atoms with van der Waals surface area (Å²) in [4.78, 5) is 10.3. The number of benzene rings is 1. The molecule has 0 saturated heterocycles. The highest BCUT2D eigenvalue weighted by Gasteiger charge is 2.43. The quantitative estimate of drug-likeness (QED) is 0.617. The number of likely N-dealkylation sites (N-methyl/N-ethyl adjacent to an activating group) is 1. The van der Waals surface area contributed by atoms with Gasteiger partial charge in [0.15, 0.2) is 0 Å². The van der Waals surface area contributed by atoms with Crippen molar-refractivity contribution >= 4 is 5.69 Å². The summed E-state index contributed by atoms with van der Waals surface area (Å²) < 4.78 is 11.7. The Labute approximate surface area is 124 Å². The van der Waals surface area contributed by atoms with Gasteiger partial charge >= 0.3 is 0 Å². The van der Waals surface area contributed by atoms with Gasteiger partial charge in [-0.2, -0.15) is 0 Å². The second-order valence-electron chi connectivity index (χ2n) is 5.18. The number of aryl methyl sites for hydroxylation is 1. The molecule has 1 aliphatic rings. The maximum absolute atomic E-state index is 10.7. The molecule has 116 valence electrons. The molecule has 0 amide bonds. The van der Waals surface area contributed by atoms with Gasteiger partial charge < -0.3 is 14.8 Å². The summed E-state index contributed by atoms with van der Waals surface area (Å²) in [5, 5.41) is 14.1. The Balaban J connectivity index is 2.03. The third-order valence-electron chi connectivity index (χ3n) is 3.72. The molecule has 0 aromatic heterocycles. The standard InChI is InChI=1S/C15H22N2O4/c1-4-16-12-9-14(15(12)20-5-2)21-13-7-6-11(17(18)19)8-10(13)3/h6-8,12,14-16H,4-5,9H2,1-3H3. The summed E-state index contributed by atoms with van der Waals surface area (Å²) in [5.41, 5.74) is 0.853. The van der Waals surface area contributed by atoms with Gasteiger partial charge in [0, 0.05) is 31.2 Å². The van der Waals surface area contributed by atoms with E-state index in [0.29, 0.717) is 18.4 Å². The monoisotopic (exact) mass is 294 g/mol. The first-order chi connectivity index (χ1) is 10.1. The van der Waals surface area contributed by atoms with Crippen LogP contribution in [0.3, 0.4) is 0 Å². The predicted molar refractivity (Wildman–Crippen MR) is 79.7 cm³/mol. The molecule has 0 spiro atoms. The minimum absolute atomic E-state index is 0.00541. The topological polar surface area (TPSA) is 73.6 Å². The van der Waals surface area contributed by atoms with Crippen LogP contribution in [0.4, 0.5) is 5.69 Å². The van der Waals surface area contributed by atoms with Crippen LogP contribution in [-0.4, -0.2) is 36.3 Å². The molecular weight excluding hydrogens is 272 g/mol. The number of ether oxygens (including phenoxy) is 2. The smallest absolute Gasteiger partial charge is 0.269 e. The van der Waals surface area contributed by atoms with Crippen LogP contribution in [0.15, 0.2) is 18.2 Å². The van der Waals surface area contributed by atoms with Crippen molar-refractivity contribution in [2.75, 3.05) is 13.2 Å². The van der Waals surface area contributed by atoms with Crippen molar-refractivity contribution in [3.63, 3.8) is 0 Å². The first-order valence-corrected chi connectivity index (χ1v) is 7.33. The SMILES string of the molecule is CCNC1CC(Oc2ccc([N+](=O)[O-])cc2C)C1OCC. The highest BCUT2D eigenvalue weighted by atomic mass is 16.6. The molecule has 1 aliphatic carbocycles. The molecule has 0 heterocycles. The molecule has 1 aromatic carbocycles. The summed E-state index contributed by atoms with van der Waals surface area (Å²) >= 11 is 0.